The van der Waals surface area contributed by atoms with Crippen LogP contribution in [0.2, 0.25) is 0 Å². The molecule has 0 amide bonds. The normalized spacial score (nSPS) is 18.5. The minimum atomic E-state index is -0.990. The van der Waals surface area contributed by atoms with Crippen LogP contribution in [0.25, 0.3) is 0 Å². The summed E-state index contributed by atoms with van der Waals surface area (Å²) < 4.78 is 12.3. The average molecular weight is 526 g/mol. The highest BCUT2D eigenvalue weighted by atomic mass is 127. The maximum absolute atomic E-state index is 12.3. The van der Waals surface area contributed by atoms with Crippen molar-refractivity contribution >= 4 is 40.7 Å². The summed E-state index contributed by atoms with van der Waals surface area (Å²) in [5.74, 6) is 1.35. The number of likely N-dealkylation sites (tertiary alicyclic amines) is 1. The number of nitrogens with zero attached hydrogens (tertiary/aromatic N) is 2. The van der Waals surface area contributed by atoms with Crippen molar-refractivity contribution in [3.63, 3.8) is 0 Å². The first-order chi connectivity index (χ1) is 13.7. The van der Waals surface area contributed by atoms with Gasteiger partial charge in [0.1, 0.15) is 0 Å². The van der Waals surface area contributed by atoms with E-state index in [9.17, 15) is 4.21 Å². The summed E-state index contributed by atoms with van der Waals surface area (Å²) in [5, 5.41) is 6.84. The van der Waals surface area contributed by atoms with Crippen LogP contribution in [0.3, 0.4) is 0 Å². The summed E-state index contributed by atoms with van der Waals surface area (Å²) >= 11 is 0. The fourth-order valence-electron chi connectivity index (χ4n) is 3.50. The maximum atomic E-state index is 12.3. The smallest absolute Gasteiger partial charge is 0.191 e. The van der Waals surface area contributed by atoms with E-state index >= 15 is 0 Å². The molecule has 1 heterocycles. The Balaban J connectivity index is 0.00000300. The third-order valence-corrected chi connectivity index (χ3v) is 6.28. The second kappa shape index (κ2) is 13.0. The molecular weight excluding hydrogens is 495 g/mol. The van der Waals surface area contributed by atoms with Crippen LogP contribution in [0.5, 0.6) is 0 Å². The number of aliphatic imine (C=N–C) groups is 1. The van der Waals surface area contributed by atoms with Gasteiger partial charge in [-0.3, -0.25) is 14.1 Å². The van der Waals surface area contributed by atoms with E-state index < -0.39 is 10.8 Å². The summed E-state index contributed by atoms with van der Waals surface area (Å²) in [6.07, 6.45) is 2.32. The lowest BCUT2D eigenvalue weighted by atomic mass is 10.0. The van der Waals surface area contributed by atoms with Gasteiger partial charge in [0.05, 0.1) is 10.8 Å². The highest BCUT2D eigenvalue weighted by molar-refractivity contribution is 14.0. The largest absolute Gasteiger partial charge is 0.355 e. The number of rotatable bonds is 7. The summed E-state index contributed by atoms with van der Waals surface area (Å²) in [7, 11) is 0.795. The SMILES string of the molecule is CN=C(NCCS(=O)c1ccccc1)NC1CCCN(Cc2ccccc2)C1.I. The molecule has 2 N–H and O–H groups in total. The molecule has 1 aliphatic heterocycles. The standard InChI is InChI=1S/C22H30N4OS.HI/c1-23-22(24-14-16-28(27)21-12-6-3-7-13-21)25-20-11-8-15-26(18-20)17-19-9-4-2-5-10-19;/h2-7,9-10,12-13,20H,8,11,14-18H2,1H3,(H2,23,24,25);1H. The summed E-state index contributed by atoms with van der Waals surface area (Å²) in [4.78, 5) is 7.70. The molecule has 2 unspecified atom stereocenters. The Labute approximate surface area is 193 Å². The predicted molar refractivity (Wildman–Crippen MR) is 132 cm³/mol. The van der Waals surface area contributed by atoms with Gasteiger partial charge in [-0.05, 0) is 37.1 Å². The number of hydrogen-bond donors (Lipinski definition) is 2. The van der Waals surface area contributed by atoms with Crippen molar-refractivity contribution in [1.29, 1.82) is 0 Å². The van der Waals surface area contributed by atoms with Crippen molar-refractivity contribution in [1.82, 2.24) is 15.5 Å². The molecule has 1 aliphatic rings. The quantitative estimate of drug-likeness (QED) is 0.331. The molecule has 1 saturated heterocycles. The van der Waals surface area contributed by atoms with E-state index in [1.54, 1.807) is 7.05 Å². The molecule has 5 nitrogen and oxygen atoms in total. The van der Waals surface area contributed by atoms with Gasteiger partial charge in [0.2, 0.25) is 0 Å². The monoisotopic (exact) mass is 526 g/mol. The van der Waals surface area contributed by atoms with Crippen molar-refractivity contribution in [3.8, 4) is 0 Å². The first-order valence-corrected chi connectivity index (χ1v) is 11.2. The van der Waals surface area contributed by atoms with Gasteiger partial charge in [0, 0.05) is 43.4 Å². The van der Waals surface area contributed by atoms with E-state index in [1.165, 1.54) is 12.0 Å². The van der Waals surface area contributed by atoms with E-state index in [-0.39, 0.29) is 24.0 Å². The number of hydrogen-bond acceptors (Lipinski definition) is 3. The molecule has 0 spiro atoms. The van der Waals surface area contributed by atoms with Gasteiger partial charge < -0.3 is 10.6 Å². The van der Waals surface area contributed by atoms with Gasteiger partial charge >= 0.3 is 0 Å². The van der Waals surface area contributed by atoms with E-state index in [0.29, 0.717) is 18.3 Å². The maximum Gasteiger partial charge on any atom is 0.191 e. The molecule has 2 aromatic rings. The molecule has 0 bridgehead atoms. The van der Waals surface area contributed by atoms with E-state index in [0.717, 1.165) is 36.9 Å². The van der Waals surface area contributed by atoms with Gasteiger partial charge in [0.25, 0.3) is 0 Å². The fourth-order valence-corrected chi connectivity index (χ4v) is 4.48. The topological polar surface area (TPSA) is 56.7 Å². The summed E-state index contributed by atoms with van der Waals surface area (Å²) in [5.41, 5.74) is 1.36. The van der Waals surface area contributed by atoms with Crippen LogP contribution >= 0.6 is 24.0 Å². The predicted octanol–water partition coefficient (Wildman–Crippen LogP) is 3.24. The minimum absolute atomic E-state index is 0. The van der Waals surface area contributed by atoms with Crippen molar-refractivity contribution in [3.05, 3.63) is 66.2 Å². The molecular formula is C22H31IN4OS. The lowest BCUT2D eigenvalue weighted by Crippen LogP contribution is -2.51. The van der Waals surface area contributed by atoms with Crippen LogP contribution in [0, 0.1) is 0 Å². The Hall–Kier alpha value is -1.45. The molecule has 0 aromatic heterocycles. The number of benzene rings is 2. The van der Waals surface area contributed by atoms with Crippen LogP contribution < -0.4 is 10.6 Å². The van der Waals surface area contributed by atoms with Crippen LogP contribution in [-0.4, -0.2) is 53.5 Å². The zero-order valence-corrected chi connectivity index (χ0v) is 20.1. The Bertz CT molecular complexity index is 773. The van der Waals surface area contributed by atoms with Gasteiger partial charge in [-0.25, -0.2) is 0 Å². The zero-order chi connectivity index (χ0) is 19.6. The molecule has 0 aliphatic carbocycles. The molecule has 2 aromatic carbocycles. The van der Waals surface area contributed by atoms with E-state index in [2.05, 4.69) is 50.9 Å². The second-order valence-corrected chi connectivity index (χ2v) is 8.64. The lowest BCUT2D eigenvalue weighted by Gasteiger charge is -2.34. The average Bonchev–Trinajstić information content (AvgIpc) is 2.74. The fraction of sp³-hybridized carbons (Fsp3) is 0.409. The molecule has 1 fully saturated rings. The van der Waals surface area contributed by atoms with Crippen molar-refractivity contribution < 1.29 is 4.21 Å². The van der Waals surface area contributed by atoms with Crippen molar-refractivity contribution in [2.24, 2.45) is 4.99 Å². The Morgan fingerprint density at radius 3 is 2.52 bits per heavy atom. The molecule has 158 valence electrons. The molecule has 0 saturated carbocycles. The van der Waals surface area contributed by atoms with E-state index in [4.69, 9.17) is 0 Å². The number of piperidine rings is 1. The number of halogens is 1. The third-order valence-electron chi connectivity index (χ3n) is 4.90. The number of guanidine groups is 1. The van der Waals surface area contributed by atoms with Gasteiger partial charge in [0.15, 0.2) is 5.96 Å². The highest BCUT2D eigenvalue weighted by Gasteiger charge is 2.20. The Kier molecular flexibility index (Phi) is 10.7. The first-order valence-electron chi connectivity index (χ1n) is 9.91. The molecule has 7 heteroatoms. The summed E-state index contributed by atoms with van der Waals surface area (Å²) in [6.45, 7) is 3.75. The molecule has 3 rings (SSSR count). The second-order valence-electron chi connectivity index (χ2n) is 7.07. The third kappa shape index (κ3) is 8.06. The minimum Gasteiger partial charge on any atom is -0.355 e. The van der Waals surface area contributed by atoms with Crippen LogP contribution in [0.15, 0.2) is 70.6 Å². The molecule has 0 radical (unpaired) electrons. The van der Waals surface area contributed by atoms with E-state index in [1.807, 2.05) is 30.3 Å². The van der Waals surface area contributed by atoms with Gasteiger partial charge in [-0.15, -0.1) is 24.0 Å². The summed E-state index contributed by atoms with van der Waals surface area (Å²) in [6, 6.07) is 20.6. The number of nitrogens with one attached hydrogen (secondary N) is 2. The Morgan fingerprint density at radius 2 is 1.83 bits per heavy atom. The van der Waals surface area contributed by atoms with Gasteiger partial charge in [-0.1, -0.05) is 48.5 Å². The van der Waals surface area contributed by atoms with Crippen molar-refractivity contribution in [2.45, 2.75) is 30.3 Å². The van der Waals surface area contributed by atoms with Crippen LogP contribution in [0.4, 0.5) is 0 Å². The van der Waals surface area contributed by atoms with Crippen LogP contribution in [0.1, 0.15) is 18.4 Å². The lowest BCUT2D eigenvalue weighted by molar-refractivity contribution is 0.192. The highest BCUT2D eigenvalue weighted by Crippen LogP contribution is 2.13. The first kappa shape index (κ1) is 23.8. The Morgan fingerprint density at radius 1 is 1.14 bits per heavy atom. The zero-order valence-electron chi connectivity index (χ0n) is 16.9. The van der Waals surface area contributed by atoms with Crippen molar-refractivity contribution in [2.75, 3.05) is 32.4 Å². The molecule has 2 atom stereocenters. The van der Waals surface area contributed by atoms with Crippen LogP contribution in [-0.2, 0) is 17.3 Å². The molecule has 29 heavy (non-hydrogen) atoms. The van der Waals surface area contributed by atoms with Gasteiger partial charge in [-0.2, -0.15) is 0 Å².